The van der Waals surface area contributed by atoms with Gasteiger partial charge in [-0.05, 0) is 74.7 Å². The maximum absolute atomic E-state index is 13.0. The van der Waals surface area contributed by atoms with E-state index in [4.69, 9.17) is 0 Å². The molecule has 4 aliphatic carbocycles. The summed E-state index contributed by atoms with van der Waals surface area (Å²) in [7, 11) is 0. The van der Waals surface area contributed by atoms with E-state index in [2.05, 4.69) is 22.4 Å². The quantitative estimate of drug-likeness (QED) is 0.891. The Morgan fingerprint density at radius 2 is 1.69 bits per heavy atom. The lowest BCUT2D eigenvalue weighted by molar-refractivity contribution is -0.0688. The minimum absolute atomic E-state index is 0.135. The molecule has 4 saturated carbocycles. The van der Waals surface area contributed by atoms with Crippen LogP contribution < -0.4 is 10.9 Å². The van der Waals surface area contributed by atoms with E-state index in [0.29, 0.717) is 16.5 Å². The van der Waals surface area contributed by atoms with Gasteiger partial charge in [0.15, 0.2) is 5.69 Å². The Morgan fingerprint density at radius 3 is 2.31 bits per heavy atom. The molecular weight excluding hydrogens is 326 g/mol. The van der Waals surface area contributed by atoms with Crippen molar-refractivity contribution in [1.82, 2.24) is 15.5 Å². The number of nitrogens with zero attached hydrogens (tertiary/aromatic N) is 1. The molecular formula is C21H25N3O2. The molecule has 0 radical (unpaired) electrons. The molecule has 1 heterocycles. The number of carbonyl (C=O) groups excluding carboxylic acids is 1. The third-order valence-corrected chi connectivity index (χ3v) is 7.26. The highest BCUT2D eigenvalue weighted by Crippen LogP contribution is 2.61. The number of aromatic nitrogens is 2. The van der Waals surface area contributed by atoms with Crippen LogP contribution in [0.25, 0.3) is 10.8 Å². The zero-order chi connectivity index (χ0) is 17.9. The van der Waals surface area contributed by atoms with Gasteiger partial charge in [-0.15, -0.1) is 0 Å². The average Bonchev–Trinajstić information content (AvgIpc) is 2.61. The molecule has 0 spiro atoms. The van der Waals surface area contributed by atoms with Crippen molar-refractivity contribution in [3.05, 3.63) is 40.3 Å². The highest BCUT2D eigenvalue weighted by atomic mass is 16.2. The molecule has 0 aliphatic heterocycles. The van der Waals surface area contributed by atoms with Crippen molar-refractivity contribution in [2.45, 2.75) is 51.5 Å². The highest BCUT2D eigenvalue weighted by Gasteiger charge is 2.53. The van der Waals surface area contributed by atoms with Crippen LogP contribution in [0.3, 0.4) is 0 Å². The SMILES string of the molecule is CC(NC(=O)c1n[nH]c(=O)c2ccccc12)C12CC3CC(CC(C3)C1)C2. The summed E-state index contributed by atoms with van der Waals surface area (Å²) >= 11 is 0. The Bertz CT molecular complexity index is 897. The van der Waals surface area contributed by atoms with Gasteiger partial charge in [0.05, 0.1) is 5.39 Å². The number of amides is 1. The van der Waals surface area contributed by atoms with E-state index >= 15 is 0 Å². The fourth-order valence-corrected chi connectivity index (χ4v) is 6.41. The van der Waals surface area contributed by atoms with Gasteiger partial charge in [0.25, 0.3) is 11.5 Å². The molecule has 6 rings (SSSR count). The summed E-state index contributed by atoms with van der Waals surface area (Å²) in [5, 5.41) is 10.9. The van der Waals surface area contributed by atoms with Gasteiger partial charge in [0.2, 0.25) is 0 Å². The van der Waals surface area contributed by atoms with Gasteiger partial charge in [-0.3, -0.25) is 9.59 Å². The van der Waals surface area contributed by atoms with Gasteiger partial charge < -0.3 is 5.32 Å². The molecule has 4 bridgehead atoms. The summed E-state index contributed by atoms with van der Waals surface area (Å²) in [5.41, 5.74) is 0.311. The molecule has 2 aromatic rings. The number of hydrogen-bond donors (Lipinski definition) is 2. The fraction of sp³-hybridized carbons (Fsp3) is 0.571. The Labute approximate surface area is 152 Å². The smallest absolute Gasteiger partial charge is 0.272 e. The average molecular weight is 351 g/mol. The normalized spacial score (nSPS) is 33.3. The lowest BCUT2D eigenvalue weighted by atomic mass is 9.48. The lowest BCUT2D eigenvalue weighted by Crippen LogP contribution is -2.55. The van der Waals surface area contributed by atoms with Crippen LogP contribution >= 0.6 is 0 Å². The van der Waals surface area contributed by atoms with Crippen LogP contribution in [0.15, 0.2) is 29.1 Å². The topological polar surface area (TPSA) is 74.8 Å². The Morgan fingerprint density at radius 1 is 1.12 bits per heavy atom. The molecule has 1 amide bonds. The van der Waals surface area contributed by atoms with Crippen molar-refractivity contribution < 1.29 is 4.79 Å². The van der Waals surface area contributed by atoms with Crippen LogP contribution in [0.1, 0.15) is 55.9 Å². The third kappa shape index (κ3) is 2.40. The van der Waals surface area contributed by atoms with Crippen LogP contribution in [-0.2, 0) is 0 Å². The molecule has 1 aromatic heterocycles. The van der Waals surface area contributed by atoms with Gasteiger partial charge in [-0.25, -0.2) is 5.10 Å². The van der Waals surface area contributed by atoms with E-state index in [1.54, 1.807) is 18.2 Å². The summed E-state index contributed by atoms with van der Waals surface area (Å²) in [5.74, 6) is 2.38. The number of fused-ring (bicyclic) bond motifs is 1. The maximum atomic E-state index is 13.0. The van der Waals surface area contributed by atoms with Gasteiger partial charge in [0.1, 0.15) is 0 Å². The zero-order valence-corrected chi connectivity index (χ0v) is 15.1. The molecule has 1 aromatic carbocycles. The predicted molar refractivity (Wildman–Crippen MR) is 99.9 cm³/mol. The first-order valence-electron chi connectivity index (χ1n) is 9.82. The largest absolute Gasteiger partial charge is 0.348 e. The minimum atomic E-state index is -0.258. The number of aromatic amines is 1. The Kier molecular flexibility index (Phi) is 3.49. The minimum Gasteiger partial charge on any atom is -0.348 e. The van der Waals surface area contributed by atoms with E-state index in [-0.39, 0.29) is 22.9 Å². The predicted octanol–water partition coefficient (Wildman–Crippen LogP) is 3.26. The number of benzene rings is 1. The van der Waals surface area contributed by atoms with E-state index in [0.717, 1.165) is 17.8 Å². The Balaban J connectivity index is 1.43. The second kappa shape index (κ2) is 5.66. The number of hydrogen-bond acceptors (Lipinski definition) is 3. The van der Waals surface area contributed by atoms with Crippen molar-refractivity contribution in [1.29, 1.82) is 0 Å². The summed E-state index contributed by atoms with van der Waals surface area (Å²) < 4.78 is 0. The van der Waals surface area contributed by atoms with Crippen molar-refractivity contribution in [3.8, 4) is 0 Å². The van der Waals surface area contributed by atoms with Crippen molar-refractivity contribution in [3.63, 3.8) is 0 Å². The van der Waals surface area contributed by atoms with Crippen LogP contribution in [0, 0.1) is 23.2 Å². The second-order valence-corrected chi connectivity index (χ2v) is 8.92. The van der Waals surface area contributed by atoms with Crippen LogP contribution in [0.4, 0.5) is 0 Å². The molecule has 26 heavy (non-hydrogen) atoms. The first-order chi connectivity index (χ1) is 12.5. The third-order valence-electron chi connectivity index (χ3n) is 7.26. The monoisotopic (exact) mass is 351 g/mol. The molecule has 0 saturated heterocycles. The van der Waals surface area contributed by atoms with Crippen LogP contribution in [-0.4, -0.2) is 22.1 Å². The molecule has 5 nitrogen and oxygen atoms in total. The fourth-order valence-electron chi connectivity index (χ4n) is 6.41. The Hall–Kier alpha value is -2.17. The highest BCUT2D eigenvalue weighted by molar-refractivity contribution is 6.04. The molecule has 1 atom stereocenters. The van der Waals surface area contributed by atoms with Gasteiger partial charge in [-0.1, -0.05) is 18.2 Å². The first-order valence-corrected chi connectivity index (χ1v) is 9.82. The van der Waals surface area contributed by atoms with Gasteiger partial charge in [0, 0.05) is 11.4 Å². The summed E-state index contributed by atoms with van der Waals surface area (Å²) in [6, 6.07) is 7.30. The number of nitrogens with one attached hydrogen (secondary N) is 2. The van der Waals surface area contributed by atoms with Crippen LogP contribution in [0.5, 0.6) is 0 Å². The van der Waals surface area contributed by atoms with Crippen molar-refractivity contribution >= 4 is 16.7 Å². The molecule has 2 N–H and O–H groups in total. The van der Waals surface area contributed by atoms with Crippen molar-refractivity contribution in [2.24, 2.45) is 23.2 Å². The molecule has 4 aliphatic rings. The summed E-state index contributed by atoms with van der Waals surface area (Å²) in [6.45, 7) is 2.17. The van der Waals surface area contributed by atoms with Gasteiger partial charge in [-0.2, -0.15) is 5.10 Å². The second-order valence-electron chi connectivity index (χ2n) is 8.92. The zero-order valence-electron chi connectivity index (χ0n) is 15.1. The maximum Gasteiger partial charge on any atom is 0.272 e. The summed E-state index contributed by atoms with van der Waals surface area (Å²) in [4.78, 5) is 24.9. The van der Waals surface area contributed by atoms with Gasteiger partial charge >= 0.3 is 0 Å². The number of rotatable bonds is 3. The van der Waals surface area contributed by atoms with E-state index in [1.165, 1.54) is 38.5 Å². The molecule has 4 fully saturated rings. The lowest BCUT2D eigenvalue weighted by Gasteiger charge is -2.59. The van der Waals surface area contributed by atoms with E-state index in [9.17, 15) is 9.59 Å². The van der Waals surface area contributed by atoms with Crippen LogP contribution in [0.2, 0.25) is 0 Å². The summed E-state index contributed by atoms with van der Waals surface area (Å²) in [6.07, 6.45) is 7.94. The molecule has 136 valence electrons. The number of carbonyl (C=O) groups is 1. The van der Waals surface area contributed by atoms with Crippen molar-refractivity contribution in [2.75, 3.05) is 0 Å². The molecule has 5 heteroatoms. The molecule has 1 unspecified atom stereocenters. The van der Waals surface area contributed by atoms with E-state index in [1.807, 2.05) is 6.07 Å². The standard InChI is InChI=1S/C21H25N3O2/c1-12(21-9-13-6-14(10-21)8-15(7-13)11-21)22-20(26)18-16-4-2-3-5-17(16)19(25)24-23-18/h2-5,12-15H,6-11H2,1H3,(H,22,26)(H,24,25). The first kappa shape index (κ1) is 16.0. The number of H-pyrrole nitrogens is 1. The van der Waals surface area contributed by atoms with E-state index < -0.39 is 0 Å².